The number of ether oxygens (including phenoxy) is 2. The van der Waals surface area contributed by atoms with Gasteiger partial charge in [0.1, 0.15) is 24.1 Å². The van der Waals surface area contributed by atoms with Crippen LogP contribution < -0.4 is 20.9 Å². The third kappa shape index (κ3) is 7.83. The number of esters is 1. The molecular weight excluding hydrogens is 620 g/mol. The first-order valence-electron chi connectivity index (χ1n) is 14.0. The molecule has 1 unspecified atom stereocenters. The number of hydrogen-bond acceptors (Lipinski definition) is 11. The zero-order chi connectivity index (χ0) is 31.5. The summed E-state index contributed by atoms with van der Waals surface area (Å²) >= 11 is 0. The van der Waals surface area contributed by atoms with Crippen molar-refractivity contribution in [1.82, 2.24) is 24.0 Å². The number of benzene rings is 1. The number of nitrogens with one attached hydrogen (secondary N) is 2. The predicted molar refractivity (Wildman–Crippen MR) is 157 cm³/mol. The van der Waals surface area contributed by atoms with Crippen LogP contribution in [-0.2, 0) is 32.4 Å². The van der Waals surface area contributed by atoms with Gasteiger partial charge in [-0.1, -0.05) is 24.3 Å². The molecule has 2 aromatic rings. The molecule has 4 heterocycles. The summed E-state index contributed by atoms with van der Waals surface area (Å²) < 4.78 is 58.6. The Morgan fingerprint density at radius 2 is 1.84 bits per heavy atom. The standard InChI is InChI=1S/C26H35N5O11P2/c1-18(25(34)38-2)28-43(36,42-20-8-4-3-5-9-20)40-17-22-21(32)15-23(41-22)31-16-19(24(33)27-26(31)35)7-6-14-39-44(37,29-10-11-29)30-12-13-30/h3-9,16,18,21-23,32H,10-15,17H2,1-2H3,(H,28,36)(H,27,33,35)/b7-6-/t18-,21-,22+,23+,43?/m0/s1. The lowest BCUT2D eigenvalue weighted by molar-refractivity contribution is -0.142. The van der Waals surface area contributed by atoms with Crippen molar-refractivity contribution in [2.24, 2.45) is 0 Å². The topological polar surface area (TPSA) is 190 Å². The Kier molecular flexibility index (Phi) is 10.0. The number of nitrogens with zero attached hydrogens (tertiary/aromatic N) is 3. The Balaban J connectivity index is 1.24. The molecule has 0 saturated carbocycles. The number of methoxy groups -OCH3 is 1. The Hall–Kier alpha value is -2.91. The summed E-state index contributed by atoms with van der Waals surface area (Å²) in [5, 5.41) is 13.2. The number of aromatic amines is 1. The molecule has 240 valence electrons. The molecule has 5 atom stereocenters. The van der Waals surface area contributed by atoms with Crippen LogP contribution in [-0.4, -0.2) is 94.7 Å². The highest BCUT2D eigenvalue weighted by atomic mass is 31.2. The molecule has 3 N–H and O–H groups in total. The van der Waals surface area contributed by atoms with Crippen molar-refractivity contribution in [3.63, 3.8) is 0 Å². The van der Waals surface area contributed by atoms with E-state index in [1.54, 1.807) is 39.7 Å². The van der Waals surface area contributed by atoms with Gasteiger partial charge in [-0.15, -0.1) is 0 Å². The fourth-order valence-electron chi connectivity index (χ4n) is 4.47. The molecule has 3 aliphatic heterocycles. The molecule has 0 radical (unpaired) electrons. The summed E-state index contributed by atoms with van der Waals surface area (Å²) in [4.78, 5) is 39.3. The summed E-state index contributed by atoms with van der Waals surface area (Å²) in [5.41, 5.74) is -1.30. The van der Waals surface area contributed by atoms with Gasteiger partial charge in [0.15, 0.2) is 0 Å². The number of rotatable bonds is 15. The number of aromatic nitrogens is 2. The molecule has 1 aromatic carbocycles. The minimum Gasteiger partial charge on any atom is -0.468 e. The third-order valence-electron chi connectivity index (χ3n) is 6.99. The SMILES string of the molecule is COC(=O)[C@H](C)NP(=O)(OC[C@H]1O[C@@H](n2cc(/C=C\COP(=O)(N3CC3)N3CC3)c(=O)[nH]c2=O)C[C@@H]1O)Oc1ccccc1. The molecule has 0 spiro atoms. The number of hydrogen-bond donors (Lipinski definition) is 3. The van der Waals surface area contributed by atoms with Crippen LogP contribution in [0.4, 0.5) is 0 Å². The van der Waals surface area contributed by atoms with E-state index in [-0.39, 0.29) is 24.3 Å². The zero-order valence-corrected chi connectivity index (χ0v) is 25.9. The van der Waals surface area contributed by atoms with E-state index < -0.39 is 63.7 Å². The summed E-state index contributed by atoms with van der Waals surface area (Å²) in [6.45, 7) is 3.82. The van der Waals surface area contributed by atoms with Crippen LogP contribution in [0, 0.1) is 0 Å². The molecular formula is C26H35N5O11P2. The van der Waals surface area contributed by atoms with E-state index in [0.29, 0.717) is 26.2 Å². The lowest BCUT2D eigenvalue weighted by Gasteiger charge is -2.24. The summed E-state index contributed by atoms with van der Waals surface area (Å²) in [6, 6.07) is 7.09. The second-order valence-corrected chi connectivity index (χ2v) is 14.4. The average molecular weight is 656 g/mol. The van der Waals surface area contributed by atoms with E-state index >= 15 is 0 Å². The largest absolute Gasteiger partial charge is 0.468 e. The first-order valence-corrected chi connectivity index (χ1v) is 17.0. The van der Waals surface area contributed by atoms with Crippen LogP contribution in [0.1, 0.15) is 25.1 Å². The molecule has 3 fully saturated rings. The van der Waals surface area contributed by atoms with Crippen molar-refractivity contribution in [3.8, 4) is 5.75 Å². The highest BCUT2D eigenvalue weighted by Crippen LogP contribution is 2.60. The van der Waals surface area contributed by atoms with Gasteiger partial charge in [0.2, 0.25) is 0 Å². The fraction of sp³-hybridized carbons (Fsp3) is 0.500. The number of carbonyl (C=O) groups is 1. The van der Waals surface area contributed by atoms with Crippen LogP contribution in [0.2, 0.25) is 0 Å². The molecule has 3 saturated heterocycles. The maximum absolute atomic E-state index is 13.6. The van der Waals surface area contributed by atoms with Gasteiger partial charge < -0.3 is 23.6 Å². The Labute approximate surface area is 252 Å². The van der Waals surface area contributed by atoms with Gasteiger partial charge in [-0.25, -0.2) is 18.7 Å². The summed E-state index contributed by atoms with van der Waals surface area (Å²) in [5.74, 6) is -0.498. The van der Waals surface area contributed by atoms with Crippen LogP contribution in [0.15, 0.2) is 52.2 Å². The first-order chi connectivity index (χ1) is 21.0. The van der Waals surface area contributed by atoms with Crippen LogP contribution in [0.25, 0.3) is 6.08 Å². The summed E-state index contributed by atoms with van der Waals surface area (Å²) in [6.07, 6.45) is 1.05. The van der Waals surface area contributed by atoms with Crippen molar-refractivity contribution in [1.29, 1.82) is 0 Å². The Morgan fingerprint density at radius 3 is 2.48 bits per heavy atom. The van der Waals surface area contributed by atoms with Crippen molar-refractivity contribution in [2.75, 3.05) is 46.5 Å². The van der Waals surface area contributed by atoms with E-state index in [4.69, 9.17) is 18.3 Å². The van der Waals surface area contributed by atoms with Gasteiger partial charge in [0, 0.05) is 38.8 Å². The number of para-hydroxylation sites is 1. The van der Waals surface area contributed by atoms with E-state index in [2.05, 4.69) is 14.8 Å². The number of carbonyl (C=O) groups excluding carboxylic acids is 1. The van der Waals surface area contributed by atoms with E-state index in [1.165, 1.54) is 32.4 Å². The molecule has 44 heavy (non-hydrogen) atoms. The zero-order valence-electron chi connectivity index (χ0n) is 24.1. The molecule has 5 rings (SSSR count). The number of aliphatic hydroxyl groups excluding tert-OH is 1. The molecule has 1 aromatic heterocycles. The molecule has 0 amide bonds. The fourth-order valence-corrected chi connectivity index (χ4v) is 8.13. The van der Waals surface area contributed by atoms with Crippen molar-refractivity contribution < 1.29 is 42.1 Å². The highest BCUT2D eigenvalue weighted by molar-refractivity contribution is 7.54. The first kappa shape index (κ1) is 32.5. The van der Waals surface area contributed by atoms with Gasteiger partial charge >= 0.3 is 27.1 Å². The van der Waals surface area contributed by atoms with Crippen molar-refractivity contribution in [2.45, 2.75) is 37.8 Å². The van der Waals surface area contributed by atoms with Gasteiger partial charge in [-0.2, -0.15) is 5.09 Å². The Bertz CT molecular complexity index is 1560. The Morgan fingerprint density at radius 1 is 1.16 bits per heavy atom. The van der Waals surface area contributed by atoms with Gasteiger partial charge in [0.05, 0.1) is 32.0 Å². The third-order valence-corrected chi connectivity index (χ3v) is 11.4. The minimum absolute atomic E-state index is 0.00532. The predicted octanol–water partition coefficient (Wildman–Crippen LogP) is 1.31. The second kappa shape index (κ2) is 13.6. The monoisotopic (exact) mass is 655 g/mol. The molecule has 16 nitrogen and oxygen atoms in total. The van der Waals surface area contributed by atoms with E-state index in [0.717, 1.165) is 4.57 Å². The van der Waals surface area contributed by atoms with Crippen LogP contribution >= 0.6 is 15.4 Å². The van der Waals surface area contributed by atoms with Gasteiger partial charge in [0.25, 0.3) is 5.56 Å². The number of H-pyrrole nitrogens is 1. The van der Waals surface area contributed by atoms with E-state index in [9.17, 15) is 28.6 Å². The van der Waals surface area contributed by atoms with E-state index in [1.807, 2.05) is 0 Å². The van der Waals surface area contributed by atoms with Gasteiger partial charge in [-0.3, -0.25) is 28.2 Å². The molecule has 3 aliphatic rings. The van der Waals surface area contributed by atoms with Crippen LogP contribution in [0.5, 0.6) is 5.75 Å². The lowest BCUT2D eigenvalue weighted by atomic mass is 10.2. The minimum atomic E-state index is -4.20. The maximum Gasteiger partial charge on any atom is 0.459 e. The number of aliphatic hydroxyl groups is 1. The molecule has 0 aliphatic carbocycles. The van der Waals surface area contributed by atoms with Crippen LogP contribution in [0.3, 0.4) is 0 Å². The lowest BCUT2D eigenvalue weighted by Crippen LogP contribution is -2.36. The summed E-state index contributed by atoms with van der Waals surface area (Å²) in [7, 11) is -6.03. The normalized spacial score (nSPS) is 24.2. The molecule has 18 heteroatoms. The van der Waals surface area contributed by atoms with Crippen molar-refractivity contribution >= 4 is 27.5 Å². The highest BCUT2D eigenvalue weighted by Gasteiger charge is 2.49. The second-order valence-electron chi connectivity index (χ2n) is 10.4. The van der Waals surface area contributed by atoms with Crippen molar-refractivity contribution in [3.05, 3.63) is 69.0 Å². The molecule has 0 bridgehead atoms. The van der Waals surface area contributed by atoms with Gasteiger partial charge in [-0.05, 0) is 25.1 Å². The smallest absolute Gasteiger partial charge is 0.459 e. The quantitative estimate of drug-likeness (QED) is 0.141. The average Bonchev–Trinajstić information content (AvgIpc) is 3.92. The maximum atomic E-state index is 13.6.